The summed E-state index contributed by atoms with van der Waals surface area (Å²) in [4.78, 5) is 22.1. The number of rotatable bonds is 3. The fourth-order valence-corrected chi connectivity index (χ4v) is 1.93. The maximum Gasteiger partial charge on any atom is 0.416 e. The summed E-state index contributed by atoms with van der Waals surface area (Å²) >= 11 is 0.574. The lowest BCUT2D eigenvalue weighted by Crippen LogP contribution is -2.10. The SMILES string of the molecule is O=C(Oc1cccc(C(F)(F)F)c1)c1cc(C(=O)O)sn1. The van der Waals surface area contributed by atoms with E-state index >= 15 is 0 Å². The largest absolute Gasteiger partial charge is 0.477 e. The number of ether oxygens (including phenoxy) is 1. The molecule has 0 saturated heterocycles. The normalized spacial score (nSPS) is 11.2. The fraction of sp³-hybridized carbons (Fsp3) is 0.0833. The molecule has 2 aromatic rings. The standard InChI is InChI=1S/C12H6F3NO4S/c13-12(14,15)6-2-1-3-7(4-6)20-11(19)8-5-9(10(17)18)21-16-8/h1-5H,(H,17,18). The van der Waals surface area contributed by atoms with Crippen LogP contribution in [0.3, 0.4) is 0 Å². The van der Waals surface area contributed by atoms with Crippen molar-refractivity contribution in [1.29, 1.82) is 0 Å². The number of aromatic nitrogens is 1. The first-order chi connectivity index (χ1) is 9.77. The first-order valence-electron chi connectivity index (χ1n) is 5.37. The van der Waals surface area contributed by atoms with Gasteiger partial charge in [0.05, 0.1) is 5.56 Å². The number of benzene rings is 1. The molecular weight excluding hydrogens is 311 g/mol. The lowest BCUT2D eigenvalue weighted by molar-refractivity contribution is -0.137. The first-order valence-corrected chi connectivity index (χ1v) is 6.14. The van der Waals surface area contributed by atoms with E-state index in [0.717, 1.165) is 18.2 Å². The zero-order valence-corrected chi connectivity index (χ0v) is 10.9. The minimum atomic E-state index is -4.56. The van der Waals surface area contributed by atoms with Gasteiger partial charge in [0.15, 0.2) is 5.69 Å². The van der Waals surface area contributed by atoms with E-state index in [-0.39, 0.29) is 16.3 Å². The van der Waals surface area contributed by atoms with Crippen LogP contribution in [0.15, 0.2) is 30.3 Å². The Morgan fingerprint density at radius 2 is 1.95 bits per heavy atom. The Kier molecular flexibility index (Phi) is 3.94. The number of esters is 1. The van der Waals surface area contributed by atoms with Gasteiger partial charge in [-0.25, -0.2) is 9.59 Å². The molecule has 0 radical (unpaired) electrons. The number of nitrogens with zero attached hydrogens (tertiary/aromatic N) is 1. The Morgan fingerprint density at radius 3 is 2.52 bits per heavy atom. The predicted octanol–water partition coefficient (Wildman–Crippen LogP) is 3.08. The average molecular weight is 317 g/mol. The van der Waals surface area contributed by atoms with Gasteiger partial charge >= 0.3 is 18.1 Å². The summed E-state index contributed by atoms with van der Waals surface area (Å²) in [6.07, 6.45) is -4.56. The number of carboxylic acids is 1. The number of halogens is 3. The van der Waals surface area contributed by atoms with Gasteiger partial charge in [-0.2, -0.15) is 17.5 Å². The number of aromatic carboxylic acids is 1. The monoisotopic (exact) mass is 317 g/mol. The molecule has 0 amide bonds. The molecule has 0 aliphatic rings. The van der Waals surface area contributed by atoms with Crippen LogP contribution >= 0.6 is 11.5 Å². The highest BCUT2D eigenvalue weighted by Gasteiger charge is 2.30. The molecule has 110 valence electrons. The van der Waals surface area contributed by atoms with Crippen molar-refractivity contribution in [3.8, 4) is 5.75 Å². The summed E-state index contributed by atoms with van der Waals surface area (Å²) in [5.74, 6) is -2.59. The molecule has 5 nitrogen and oxygen atoms in total. The molecule has 1 aromatic heterocycles. The number of carbonyl (C=O) groups is 2. The highest BCUT2D eigenvalue weighted by Crippen LogP contribution is 2.31. The average Bonchev–Trinajstić information content (AvgIpc) is 2.88. The van der Waals surface area contributed by atoms with Gasteiger partial charge in [0, 0.05) is 0 Å². The van der Waals surface area contributed by atoms with Crippen LogP contribution in [0.1, 0.15) is 25.7 Å². The third-order valence-corrected chi connectivity index (χ3v) is 3.08. The number of carbonyl (C=O) groups excluding carboxylic acids is 1. The molecule has 1 N–H and O–H groups in total. The quantitative estimate of drug-likeness (QED) is 0.695. The van der Waals surface area contributed by atoms with Crippen molar-refractivity contribution in [3.63, 3.8) is 0 Å². The molecule has 0 aliphatic heterocycles. The molecule has 0 atom stereocenters. The van der Waals surface area contributed by atoms with Crippen LogP contribution in [-0.2, 0) is 6.18 Å². The molecule has 1 aromatic carbocycles. The zero-order valence-electron chi connectivity index (χ0n) is 10.0. The summed E-state index contributed by atoms with van der Waals surface area (Å²) < 4.78 is 45.8. The lowest BCUT2D eigenvalue weighted by atomic mass is 10.2. The molecule has 9 heteroatoms. The van der Waals surface area contributed by atoms with E-state index < -0.39 is 23.7 Å². The second kappa shape index (κ2) is 5.52. The predicted molar refractivity (Wildman–Crippen MR) is 65.5 cm³/mol. The third kappa shape index (κ3) is 3.57. The second-order valence-electron chi connectivity index (χ2n) is 3.80. The van der Waals surface area contributed by atoms with Gasteiger partial charge < -0.3 is 9.84 Å². The summed E-state index contributed by atoms with van der Waals surface area (Å²) in [6.45, 7) is 0. The van der Waals surface area contributed by atoms with Gasteiger partial charge in [0.25, 0.3) is 0 Å². The summed E-state index contributed by atoms with van der Waals surface area (Å²) in [6, 6.07) is 4.76. The Hall–Kier alpha value is -2.42. The molecular formula is C12H6F3NO4S. The molecule has 1 heterocycles. The van der Waals surface area contributed by atoms with Gasteiger partial charge in [-0.05, 0) is 35.8 Å². The number of hydrogen-bond acceptors (Lipinski definition) is 5. The van der Waals surface area contributed by atoms with Crippen molar-refractivity contribution in [2.45, 2.75) is 6.18 Å². The smallest absolute Gasteiger partial charge is 0.416 e. The summed E-state index contributed by atoms with van der Waals surface area (Å²) in [7, 11) is 0. The minimum Gasteiger partial charge on any atom is -0.477 e. The number of alkyl halides is 3. The van der Waals surface area contributed by atoms with Crippen molar-refractivity contribution in [1.82, 2.24) is 4.37 Å². The van der Waals surface area contributed by atoms with E-state index in [4.69, 9.17) is 9.84 Å². The third-order valence-electron chi connectivity index (χ3n) is 2.30. The second-order valence-corrected chi connectivity index (χ2v) is 4.60. The van der Waals surface area contributed by atoms with Crippen molar-refractivity contribution in [3.05, 3.63) is 46.5 Å². The first kappa shape index (κ1) is 15.0. The number of hydrogen-bond donors (Lipinski definition) is 1. The molecule has 2 rings (SSSR count). The highest BCUT2D eigenvalue weighted by molar-refractivity contribution is 7.08. The fourth-order valence-electron chi connectivity index (χ4n) is 1.37. The van der Waals surface area contributed by atoms with Crippen molar-refractivity contribution in [2.75, 3.05) is 0 Å². The van der Waals surface area contributed by atoms with E-state index in [9.17, 15) is 22.8 Å². The van der Waals surface area contributed by atoms with Crippen molar-refractivity contribution < 1.29 is 32.6 Å². The van der Waals surface area contributed by atoms with Gasteiger partial charge in [-0.15, -0.1) is 0 Å². The van der Waals surface area contributed by atoms with E-state index in [2.05, 4.69) is 4.37 Å². The van der Waals surface area contributed by atoms with E-state index in [1.807, 2.05) is 0 Å². The van der Waals surface area contributed by atoms with Gasteiger partial charge in [0.1, 0.15) is 10.6 Å². The van der Waals surface area contributed by atoms with Crippen molar-refractivity contribution in [2.24, 2.45) is 0 Å². The van der Waals surface area contributed by atoms with Crippen LogP contribution in [0.4, 0.5) is 13.2 Å². The molecule has 0 bridgehead atoms. The van der Waals surface area contributed by atoms with Crippen LogP contribution in [0.2, 0.25) is 0 Å². The molecule has 0 aliphatic carbocycles. The van der Waals surface area contributed by atoms with Crippen LogP contribution < -0.4 is 4.74 Å². The van der Waals surface area contributed by atoms with Crippen LogP contribution in [0, 0.1) is 0 Å². The maximum absolute atomic E-state index is 12.5. The Balaban J connectivity index is 2.17. The minimum absolute atomic E-state index is 0.175. The van der Waals surface area contributed by atoms with E-state index in [1.165, 1.54) is 6.07 Å². The lowest BCUT2D eigenvalue weighted by Gasteiger charge is -2.08. The van der Waals surface area contributed by atoms with Crippen LogP contribution in [0.5, 0.6) is 5.75 Å². The van der Waals surface area contributed by atoms with E-state index in [0.29, 0.717) is 17.6 Å². The van der Waals surface area contributed by atoms with Gasteiger partial charge in [0.2, 0.25) is 0 Å². The van der Waals surface area contributed by atoms with Crippen molar-refractivity contribution >= 4 is 23.5 Å². The van der Waals surface area contributed by atoms with Gasteiger partial charge in [-0.3, -0.25) is 0 Å². The molecule has 0 saturated carbocycles. The zero-order chi connectivity index (χ0) is 15.6. The summed E-state index contributed by atoms with van der Waals surface area (Å²) in [5.41, 5.74) is -1.24. The number of carboxylic acid groups (broad SMARTS) is 1. The maximum atomic E-state index is 12.5. The van der Waals surface area contributed by atoms with Gasteiger partial charge in [-0.1, -0.05) is 6.07 Å². The van der Waals surface area contributed by atoms with Crippen LogP contribution in [-0.4, -0.2) is 21.4 Å². The highest BCUT2D eigenvalue weighted by atomic mass is 32.1. The molecule has 0 unspecified atom stereocenters. The molecule has 21 heavy (non-hydrogen) atoms. The van der Waals surface area contributed by atoms with Crippen LogP contribution in [0.25, 0.3) is 0 Å². The molecule has 0 spiro atoms. The topological polar surface area (TPSA) is 76.5 Å². The Bertz CT molecular complexity index is 696. The summed E-state index contributed by atoms with van der Waals surface area (Å²) in [5, 5.41) is 8.69. The molecule has 0 fully saturated rings. The van der Waals surface area contributed by atoms with E-state index in [1.54, 1.807) is 0 Å². The Labute approximate surface area is 119 Å². The Morgan fingerprint density at radius 1 is 1.24 bits per heavy atom.